The van der Waals surface area contributed by atoms with Crippen LogP contribution in [-0.2, 0) is 4.74 Å². The van der Waals surface area contributed by atoms with Gasteiger partial charge in [-0.3, -0.25) is 0 Å². The van der Waals surface area contributed by atoms with E-state index in [4.69, 9.17) is 4.74 Å². The lowest BCUT2D eigenvalue weighted by Gasteiger charge is -2.27. The summed E-state index contributed by atoms with van der Waals surface area (Å²) in [5, 5.41) is 3.61. The average molecular weight is 239 g/mol. The zero-order chi connectivity index (χ0) is 12.1. The minimum Gasteiger partial charge on any atom is -0.381 e. The molecule has 0 aromatic heterocycles. The summed E-state index contributed by atoms with van der Waals surface area (Å²) in [5.41, 5.74) is 0.289. The van der Waals surface area contributed by atoms with E-state index in [1.54, 1.807) is 0 Å². The molecule has 2 saturated carbocycles. The smallest absolute Gasteiger partial charge is 0.0529 e. The second kappa shape index (κ2) is 6.19. The summed E-state index contributed by atoms with van der Waals surface area (Å²) in [6.07, 6.45) is 9.80. The second-order valence-electron chi connectivity index (χ2n) is 6.84. The SMILES string of the molecule is CC(C)(CNC1CC1)COCC1CCCCC1. The van der Waals surface area contributed by atoms with E-state index >= 15 is 0 Å². The Labute approximate surface area is 107 Å². The monoisotopic (exact) mass is 239 g/mol. The fourth-order valence-corrected chi connectivity index (χ4v) is 2.61. The molecule has 100 valence electrons. The van der Waals surface area contributed by atoms with Crippen molar-refractivity contribution in [3.63, 3.8) is 0 Å². The summed E-state index contributed by atoms with van der Waals surface area (Å²) < 4.78 is 5.95. The molecule has 0 heterocycles. The molecule has 0 radical (unpaired) electrons. The lowest BCUT2D eigenvalue weighted by atomic mass is 9.90. The summed E-state index contributed by atoms with van der Waals surface area (Å²) in [5.74, 6) is 0.843. The molecule has 2 fully saturated rings. The van der Waals surface area contributed by atoms with Crippen molar-refractivity contribution >= 4 is 0 Å². The highest BCUT2D eigenvalue weighted by atomic mass is 16.5. The quantitative estimate of drug-likeness (QED) is 0.735. The summed E-state index contributed by atoms with van der Waals surface area (Å²) in [6.45, 7) is 7.62. The van der Waals surface area contributed by atoms with Crippen molar-refractivity contribution in [3.8, 4) is 0 Å². The first-order chi connectivity index (χ1) is 8.16. The number of hydrogen-bond donors (Lipinski definition) is 1. The van der Waals surface area contributed by atoms with Gasteiger partial charge in [0.1, 0.15) is 0 Å². The van der Waals surface area contributed by atoms with Gasteiger partial charge >= 0.3 is 0 Å². The van der Waals surface area contributed by atoms with Crippen LogP contribution >= 0.6 is 0 Å². The maximum Gasteiger partial charge on any atom is 0.0529 e. The van der Waals surface area contributed by atoms with Gasteiger partial charge in [-0.25, -0.2) is 0 Å². The highest BCUT2D eigenvalue weighted by Crippen LogP contribution is 2.25. The van der Waals surface area contributed by atoms with Crippen molar-refractivity contribution in [2.75, 3.05) is 19.8 Å². The third-order valence-electron chi connectivity index (χ3n) is 4.02. The highest BCUT2D eigenvalue weighted by molar-refractivity contribution is 4.84. The van der Waals surface area contributed by atoms with Gasteiger partial charge in [-0.1, -0.05) is 33.1 Å². The first-order valence-corrected chi connectivity index (χ1v) is 7.47. The van der Waals surface area contributed by atoms with Gasteiger partial charge in [0.2, 0.25) is 0 Å². The molecule has 0 aromatic carbocycles. The van der Waals surface area contributed by atoms with Gasteiger partial charge in [0, 0.05) is 24.6 Å². The Morgan fingerprint density at radius 1 is 1.06 bits per heavy atom. The van der Waals surface area contributed by atoms with Gasteiger partial charge in [-0.2, -0.15) is 0 Å². The molecule has 0 aliphatic heterocycles. The molecule has 17 heavy (non-hydrogen) atoms. The average Bonchev–Trinajstić information content (AvgIpc) is 3.12. The molecule has 0 spiro atoms. The van der Waals surface area contributed by atoms with E-state index < -0.39 is 0 Å². The van der Waals surface area contributed by atoms with Crippen LogP contribution < -0.4 is 5.32 Å². The Kier molecular flexibility index (Phi) is 4.87. The van der Waals surface area contributed by atoms with Crippen LogP contribution in [-0.4, -0.2) is 25.8 Å². The molecule has 2 aliphatic carbocycles. The Morgan fingerprint density at radius 2 is 1.76 bits per heavy atom. The van der Waals surface area contributed by atoms with E-state index in [0.29, 0.717) is 0 Å². The van der Waals surface area contributed by atoms with E-state index in [2.05, 4.69) is 19.2 Å². The molecule has 0 unspecified atom stereocenters. The minimum atomic E-state index is 0.289. The van der Waals surface area contributed by atoms with Gasteiger partial charge in [0.25, 0.3) is 0 Å². The molecular formula is C15H29NO. The van der Waals surface area contributed by atoms with Crippen LogP contribution in [0.25, 0.3) is 0 Å². The highest BCUT2D eigenvalue weighted by Gasteiger charge is 2.25. The lowest BCUT2D eigenvalue weighted by Crippen LogP contribution is -2.35. The van der Waals surface area contributed by atoms with Crippen LogP contribution in [0.3, 0.4) is 0 Å². The van der Waals surface area contributed by atoms with Crippen LogP contribution in [0.15, 0.2) is 0 Å². The Balaban J connectivity index is 1.55. The van der Waals surface area contributed by atoms with Gasteiger partial charge in [-0.15, -0.1) is 0 Å². The van der Waals surface area contributed by atoms with Gasteiger partial charge in [0.05, 0.1) is 6.61 Å². The van der Waals surface area contributed by atoms with E-state index in [1.165, 1.54) is 44.9 Å². The molecule has 0 bridgehead atoms. The molecule has 1 N–H and O–H groups in total. The summed E-state index contributed by atoms with van der Waals surface area (Å²) in [4.78, 5) is 0. The zero-order valence-electron chi connectivity index (χ0n) is 11.6. The molecule has 0 amide bonds. The van der Waals surface area contributed by atoms with Gasteiger partial charge in [-0.05, 0) is 31.6 Å². The molecule has 0 aromatic rings. The number of hydrogen-bond acceptors (Lipinski definition) is 2. The van der Waals surface area contributed by atoms with E-state index in [1.807, 2.05) is 0 Å². The summed E-state index contributed by atoms with van der Waals surface area (Å²) in [7, 11) is 0. The first-order valence-electron chi connectivity index (χ1n) is 7.47. The second-order valence-corrected chi connectivity index (χ2v) is 6.84. The molecule has 2 heteroatoms. The third-order valence-corrected chi connectivity index (χ3v) is 4.02. The maximum absolute atomic E-state index is 5.95. The topological polar surface area (TPSA) is 21.3 Å². The fourth-order valence-electron chi connectivity index (χ4n) is 2.61. The van der Waals surface area contributed by atoms with Crippen LogP contribution in [0.5, 0.6) is 0 Å². The molecule has 2 aliphatic rings. The van der Waals surface area contributed by atoms with Gasteiger partial charge in [0.15, 0.2) is 0 Å². The predicted octanol–water partition coefficient (Wildman–Crippen LogP) is 3.36. The van der Waals surface area contributed by atoms with Crippen LogP contribution in [0.2, 0.25) is 0 Å². The number of rotatable bonds is 7. The van der Waals surface area contributed by atoms with Crippen molar-refractivity contribution in [2.24, 2.45) is 11.3 Å². The zero-order valence-corrected chi connectivity index (χ0v) is 11.6. The van der Waals surface area contributed by atoms with Crippen LogP contribution in [0.4, 0.5) is 0 Å². The Bertz CT molecular complexity index is 217. The van der Waals surface area contributed by atoms with Crippen LogP contribution in [0.1, 0.15) is 58.8 Å². The van der Waals surface area contributed by atoms with E-state index in [0.717, 1.165) is 31.7 Å². The van der Waals surface area contributed by atoms with Crippen molar-refractivity contribution in [2.45, 2.75) is 64.8 Å². The molecular weight excluding hydrogens is 210 g/mol. The maximum atomic E-state index is 5.95. The fraction of sp³-hybridized carbons (Fsp3) is 1.00. The van der Waals surface area contributed by atoms with E-state index in [9.17, 15) is 0 Å². The standard InChI is InChI=1S/C15H29NO/c1-15(2,11-16-14-8-9-14)12-17-10-13-6-4-3-5-7-13/h13-14,16H,3-12H2,1-2H3. The molecule has 0 saturated heterocycles. The number of nitrogens with one attached hydrogen (secondary N) is 1. The predicted molar refractivity (Wildman–Crippen MR) is 72.2 cm³/mol. The van der Waals surface area contributed by atoms with Gasteiger partial charge < -0.3 is 10.1 Å². The van der Waals surface area contributed by atoms with Crippen molar-refractivity contribution in [1.82, 2.24) is 5.32 Å². The summed E-state index contributed by atoms with van der Waals surface area (Å²) >= 11 is 0. The Hall–Kier alpha value is -0.0800. The third kappa shape index (κ3) is 5.39. The summed E-state index contributed by atoms with van der Waals surface area (Å²) in [6, 6.07) is 0.813. The van der Waals surface area contributed by atoms with Crippen molar-refractivity contribution in [1.29, 1.82) is 0 Å². The molecule has 0 atom stereocenters. The van der Waals surface area contributed by atoms with Crippen LogP contribution in [0, 0.1) is 11.3 Å². The number of ether oxygens (including phenoxy) is 1. The Morgan fingerprint density at radius 3 is 2.41 bits per heavy atom. The molecule has 2 nitrogen and oxygen atoms in total. The van der Waals surface area contributed by atoms with E-state index in [-0.39, 0.29) is 5.41 Å². The van der Waals surface area contributed by atoms with Crippen molar-refractivity contribution < 1.29 is 4.74 Å². The normalized spacial score (nSPS) is 22.9. The molecule has 2 rings (SSSR count). The largest absolute Gasteiger partial charge is 0.381 e. The van der Waals surface area contributed by atoms with Crippen molar-refractivity contribution in [3.05, 3.63) is 0 Å². The minimum absolute atomic E-state index is 0.289. The first kappa shape index (κ1) is 13.4. The lowest BCUT2D eigenvalue weighted by molar-refractivity contribution is 0.0322.